The predicted octanol–water partition coefficient (Wildman–Crippen LogP) is 2.11. The van der Waals surface area contributed by atoms with Crippen LogP contribution in [0.2, 0.25) is 0 Å². The van der Waals surface area contributed by atoms with Crippen LogP contribution in [0.4, 0.5) is 0 Å². The molecule has 1 saturated carbocycles. The largest absolute Gasteiger partial charge is 0.396 e. The molecule has 2 aliphatic rings. The average molecular weight is 184 g/mol. The molecule has 76 valence electrons. The van der Waals surface area contributed by atoms with Gasteiger partial charge in [-0.15, -0.1) is 0 Å². The van der Waals surface area contributed by atoms with E-state index in [1.807, 2.05) is 0 Å². The van der Waals surface area contributed by atoms with Crippen LogP contribution in [-0.2, 0) is 4.74 Å². The van der Waals surface area contributed by atoms with Crippen molar-refractivity contribution in [3.05, 3.63) is 0 Å². The Balaban J connectivity index is 1.90. The standard InChI is InChI=1S/C11H20O2/c12-7-3-10-4-8-13-11(9-10)5-1-2-6-11/h10,12H,1-9H2. The van der Waals surface area contributed by atoms with Crippen molar-refractivity contribution in [2.45, 2.75) is 50.5 Å². The van der Waals surface area contributed by atoms with E-state index in [-0.39, 0.29) is 5.60 Å². The van der Waals surface area contributed by atoms with Crippen molar-refractivity contribution in [1.29, 1.82) is 0 Å². The molecular formula is C11H20O2. The smallest absolute Gasteiger partial charge is 0.0685 e. The second kappa shape index (κ2) is 3.97. The van der Waals surface area contributed by atoms with Crippen molar-refractivity contribution >= 4 is 0 Å². The molecule has 0 radical (unpaired) electrons. The van der Waals surface area contributed by atoms with E-state index >= 15 is 0 Å². The summed E-state index contributed by atoms with van der Waals surface area (Å²) in [6, 6.07) is 0. The Morgan fingerprint density at radius 3 is 2.77 bits per heavy atom. The lowest BCUT2D eigenvalue weighted by Crippen LogP contribution is -2.37. The average Bonchev–Trinajstić information content (AvgIpc) is 2.54. The Morgan fingerprint density at radius 1 is 1.31 bits per heavy atom. The third-order valence-corrected chi connectivity index (χ3v) is 3.65. The van der Waals surface area contributed by atoms with Crippen molar-refractivity contribution in [3.63, 3.8) is 0 Å². The van der Waals surface area contributed by atoms with Gasteiger partial charge in [0.05, 0.1) is 5.60 Å². The van der Waals surface area contributed by atoms with Gasteiger partial charge in [0, 0.05) is 13.2 Å². The predicted molar refractivity (Wildman–Crippen MR) is 51.6 cm³/mol. The number of rotatable bonds is 2. The van der Waals surface area contributed by atoms with Crippen LogP contribution >= 0.6 is 0 Å². The SMILES string of the molecule is OCCC1CCOC2(CCCC2)C1. The van der Waals surface area contributed by atoms with Crippen LogP contribution in [0.5, 0.6) is 0 Å². The van der Waals surface area contributed by atoms with Gasteiger partial charge in [-0.3, -0.25) is 0 Å². The van der Waals surface area contributed by atoms with Gasteiger partial charge in [0.25, 0.3) is 0 Å². The molecule has 1 N–H and O–H groups in total. The summed E-state index contributed by atoms with van der Waals surface area (Å²) < 4.78 is 5.92. The summed E-state index contributed by atoms with van der Waals surface area (Å²) in [5.41, 5.74) is 0.234. The topological polar surface area (TPSA) is 29.5 Å². The van der Waals surface area contributed by atoms with Gasteiger partial charge in [0.1, 0.15) is 0 Å². The van der Waals surface area contributed by atoms with Crippen LogP contribution in [0.25, 0.3) is 0 Å². The summed E-state index contributed by atoms with van der Waals surface area (Å²) in [6.07, 6.45) is 8.53. The van der Waals surface area contributed by atoms with Gasteiger partial charge in [-0.1, -0.05) is 12.8 Å². The maximum absolute atomic E-state index is 8.91. The molecule has 1 aliphatic heterocycles. The summed E-state index contributed by atoms with van der Waals surface area (Å²) in [7, 11) is 0. The minimum atomic E-state index is 0.234. The van der Waals surface area contributed by atoms with Crippen LogP contribution in [0.15, 0.2) is 0 Å². The number of aliphatic hydroxyl groups is 1. The van der Waals surface area contributed by atoms with E-state index in [9.17, 15) is 0 Å². The molecule has 1 saturated heterocycles. The zero-order valence-electron chi connectivity index (χ0n) is 8.30. The molecule has 1 aliphatic carbocycles. The van der Waals surface area contributed by atoms with Crippen molar-refractivity contribution in [3.8, 4) is 0 Å². The zero-order valence-corrected chi connectivity index (χ0v) is 8.30. The first-order chi connectivity index (χ1) is 6.35. The fourth-order valence-corrected chi connectivity index (χ4v) is 2.93. The fourth-order valence-electron chi connectivity index (χ4n) is 2.93. The Bertz CT molecular complexity index is 159. The highest BCUT2D eigenvalue weighted by Crippen LogP contribution is 2.42. The number of ether oxygens (including phenoxy) is 1. The Hall–Kier alpha value is -0.0800. The van der Waals surface area contributed by atoms with E-state index in [0.29, 0.717) is 6.61 Å². The quantitative estimate of drug-likeness (QED) is 0.712. The summed E-state index contributed by atoms with van der Waals surface area (Å²) in [4.78, 5) is 0. The molecule has 2 heteroatoms. The summed E-state index contributed by atoms with van der Waals surface area (Å²) >= 11 is 0. The van der Waals surface area contributed by atoms with Crippen LogP contribution in [0.3, 0.4) is 0 Å². The highest BCUT2D eigenvalue weighted by atomic mass is 16.5. The van der Waals surface area contributed by atoms with E-state index in [2.05, 4.69) is 0 Å². The fraction of sp³-hybridized carbons (Fsp3) is 1.00. The van der Waals surface area contributed by atoms with Crippen LogP contribution < -0.4 is 0 Å². The third-order valence-electron chi connectivity index (χ3n) is 3.65. The van der Waals surface area contributed by atoms with Crippen molar-refractivity contribution < 1.29 is 9.84 Å². The molecule has 0 aromatic carbocycles. The third kappa shape index (κ3) is 2.05. The molecule has 0 aromatic rings. The molecule has 2 fully saturated rings. The van der Waals surface area contributed by atoms with Crippen molar-refractivity contribution in [2.75, 3.05) is 13.2 Å². The first kappa shape index (κ1) is 9.47. The van der Waals surface area contributed by atoms with Gasteiger partial charge in [-0.2, -0.15) is 0 Å². The maximum Gasteiger partial charge on any atom is 0.0685 e. The van der Waals surface area contributed by atoms with Gasteiger partial charge in [0.2, 0.25) is 0 Å². The molecule has 13 heavy (non-hydrogen) atoms. The van der Waals surface area contributed by atoms with E-state index in [0.717, 1.165) is 25.4 Å². The Kier molecular flexibility index (Phi) is 2.89. The number of hydrogen-bond acceptors (Lipinski definition) is 2. The van der Waals surface area contributed by atoms with Gasteiger partial charge in [-0.05, 0) is 38.0 Å². The lowest BCUT2D eigenvalue weighted by Gasteiger charge is -2.38. The Labute approximate surface area is 80.3 Å². The first-order valence-corrected chi connectivity index (χ1v) is 5.59. The minimum Gasteiger partial charge on any atom is -0.396 e. The lowest BCUT2D eigenvalue weighted by molar-refractivity contribution is -0.0950. The van der Waals surface area contributed by atoms with Crippen LogP contribution in [0.1, 0.15) is 44.9 Å². The normalized spacial score (nSPS) is 32.5. The van der Waals surface area contributed by atoms with Gasteiger partial charge in [-0.25, -0.2) is 0 Å². The molecule has 1 heterocycles. The molecule has 1 unspecified atom stereocenters. The van der Waals surface area contributed by atoms with E-state index < -0.39 is 0 Å². The Morgan fingerprint density at radius 2 is 2.08 bits per heavy atom. The highest BCUT2D eigenvalue weighted by Gasteiger charge is 2.39. The second-order valence-electron chi connectivity index (χ2n) is 4.61. The second-order valence-corrected chi connectivity index (χ2v) is 4.61. The van der Waals surface area contributed by atoms with Crippen LogP contribution in [0, 0.1) is 5.92 Å². The van der Waals surface area contributed by atoms with Crippen molar-refractivity contribution in [2.24, 2.45) is 5.92 Å². The summed E-state index contributed by atoms with van der Waals surface area (Å²) in [5.74, 6) is 0.719. The maximum atomic E-state index is 8.91. The molecule has 1 spiro atoms. The van der Waals surface area contributed by atoms with E-state index in [4.69, 9.17) is 9.84 Å². The molecule has 1 atom stereocenters. The van der Waals surface area contributed by atoms with Gasteiger partial charge < -0.3 is 9.84 Å². The van der Waals surface area contributed by atoms with Gasteiger partial charge >= 0.3 is 0 Å². The van der Waals surface area contributed by atoms with Gasteiger partial charge in [0.15, 0.2) is 0 Å². The molecule has 0 bridgehead atoms. The van der Waals surface area contributed by atoms with E-state index in [1.165, 1.54) is 32.1 Å². The number of aliphatic hydroxyl groups excluding tert-OH is 1. The molecule has 2 rings (SSSR count). The molecule has 2 nitrogen and oxygen atoms in total. The number of hydrogen-bond donors (Lipinski definition) is 1. The van der Waals surface area contributed by atoms with E-state index in [1.54, 1.807) is 0 Å². The zero-order chi connectivity index (χ0) is 9.15. The van der Waals surface area contributed by atoms with Crippen LogP contribution in [-0.4, -0.2) is 23.9 Å². The monoisotopic (exact) mass is 184 g/mol. The molecular weight excluding hydrogens is 164 g/mol. The summed E-state index contributed by atoms with van der Waals surface area (Å²) in [5, 5.41) is 8.91. The molecule has 0 amide bonds. The molecule has 0 aromatic heterocycles. The summed E-state index contributed by atoms with van der Waals surface area (Å²) in [6.45, 7) is 1.27. The highest BCUT2D eigenvalue weighted by molar-refractivity contribution is 4.90. The lowest BCUT2D eigenvalue weighted by atomic mass is 9.83. The van der Waals surface area contributed by atoms with Crippen molar-refractivity contribution in [1.82, 2.24) is 0 Å². The minimum absolute atomic E-state index is 0.234. The first-order valence-electron chi connectivity index (χ1n) is 5.59.